The Morgan fingerprint density at radius 1 is 0.301 bits per heavy atom. The lowest BCUT2D eigenvalue weighted by atomic mass is 9.52. The quantitative estimate of drug-likeness (QED) is 0.176. The van der Waals surface area contributed by atoms with Crippen molar-refractivity contribution in [1.82, 2.24) is 9.97 Å². The number of hydrogen-bond donors (Lipinski definition) is 0. The van der Waals surface area contributed by atoms with Crippen molar-refractivity contribution in [1.29, 1.82) is 0 Å². The monoisotopic (exact) mass is 922 g/mol. The minimum Gasteiger partial charge on any atom is -0.228 e. The Kier molecular flexibility index (Phi) is 7.69. The Balaban J connectivity index is 0.936. The summed E-state index contributed by atoms with van der Waals surface area (Å²) in [5, 5.41) is 2.30. The standard InChI is InChI=1S/C71H42N2/c1-2-19-43(20-3-1)62-41-63(73-69(72-62)52-29-15-21-42-18-4-5-24-46(42)52)45-23-14-22-44(40-45)47-27-17-37-61-64(47)54-39-38-51-50-28-16-30-53-65(50)66(53)67(51)68(54)71(61)59-35-12-10-33-57(59)70(58-34-11-13-36-60(58)71)55-31-8-6-25-48(55)49-26-7-9-32-56(49)70/h1-41,66H. The summed E-state index contributed by atoms with van der Waals surface area (Å²) >= 11 is 0. The second kappa shape index (κ2) is 14.2. The molecule has 12 aromatic rings. The molecule has 5 aliphatic rings. The molecule has 0 aliphatic heterocycles. The summed E-state index contributed by atoms with van der Waals surface area (Å²) in [5.74, 6) is 1.01. The Morgan fingerprint density at radius 2 is 0.795 bits per heavy atom. The van der Waals surface area contributed by atoms with E-state index in [4.69, 9.17) is 9.97 Å². The van der Waals surface area contributed by atoms with Crippen LogP contribution in [0.1, 0.15) is 67.1 Å². The summed E-state index contributed by atoms with van der Waals surface area (Å²) in [4.78, 5) is 10.7. The summed E-state index contributed by atoms with van der Waals surface area (Å²) in [6.07, 6.45) is 0. The average molecular weight is 923 g/mol. The summed E-state index contributed by atoms with van der Waals surface area (Å²) in [6.45, 7) is 0. The maximum absolute atomic E-state index is 5.43. The Bertz CT molecular complexity index is 4310. The van der Waals surface area contributed by atoms with Gasteiger partial charge in [-0.1, -0.05) is 237 Å². The van der Waals surface area contributed by atoms with E-state index in [1.165, 1.54) is 106 Å². The van der Waals surface area contributed by atoms with Crippen molar-refractivity contribution in [2.75, 3.05) is 0 Å². The third kappa shape index (κ3) is 4.93. The summed E-state index contributed by atoms with van der Waals surface area (Å²) in [7, 11) is 0. The van der Waals surface area contributed by atoms with Gasteiger partial charge in [-0.2, -0.15) is 0 Å². The van der Waals surface area contributed by atoms with E-state index in [-0.39, 0.29) is 0 Å². The molecule has 0 amide bonds. The van der Waals surface area contributed by atoms with Gasteiger partial charge in [0.2, 0.25) is 0 Å². The fraction of sp³-hybridized carbons (Fsp3) is 0.0423. The molecule has 0 saturated carbocycles. The molecular formula is C71H42N2. The Hall–Kier alpha value is -9.24. The van der Waals surface area contributed by atoms with Crippen molar-refractivity contribution in [3.8, 4) is 78.4 Å². The zero-order chi connectivity index (χ0) is 47.6. The molecule has 0 radical (unpaired) electrons. The molecule has 73 heavy (non-hydrogen) atoms. The molecule has 2 spiro atoms. The predicted molar refractivity (Wildman–Crippen MR) is 296 cm³/mol. The van der Waals surface area contributed by atoms with Crippen LogP contribution < -0.4 is 0 Å². The highest BCUT2D eigenvalue weighted by Crippen LogP contribution is 2.72. The predicted octanol–water partition coefficient (Wildman–Crippen LogP) is 16.8. The first-order valence-electron chi connectivity index (χ1n) is 25.6. The Labute approximate surface area is 423 Å². The summed E-state index contributed by atoms with van der Waals surface area (Å²) in [6, 6.07) is 93.2. The minimum atomic E-state index is -0.615. The fourth-order valence-electron chi connectivity index (χ4n) is 14.6. The second-order valence-corrected chi connectivity index (χ2v) is 20.5. The van der Waals surface area contributed by atoms with Crippen LogP contribution in [0.3, 0.4) is 0 Å². The van der Waals surface area contributed by atoms with Crippen molar-refractivity contribution in [3.05, 3.63) is 310 Å². The van der Waals surface area contributed by atoms with Crippen molar-refractivity contribution in [3.63, 3.8) is 0 Å². The van der Waals surface area contributed by atoms with Crippen LogP contribution in [0, 0.1) is 0 Å². The first kappa shape index (κ1) is 39.5. The van der Waals surface area contributed by atoms with Crippen LogP contribution in [0.4, 0.5) is 0 Å². The van der Waals surface area contributed by atoms with Gasteiger partial charge < -0.3 is 0 Å². The molecule has 336 valence electrons. The highest BCUT2D eigenvalue weighted by molar-refractivity contribution is 6.04. The van der Waals surface area contributed by atoms with Gasteiger partial charge in [0.1, 0.15) is 0 Å². The number of nitrogens with zero attached hydrogens (tertiary/aromatic N) is 2. The van der Waals surface area contributed by atoms with Crippen molar-refractivity contribution >= 4 is 10.8 Å². The second-order valence-electron chi connectivity index (χ2n) is 20.5. The molecule has 0 fully saturated rings. The van der Waals surface area contributed by atoms with Crippen LogP contribution in [0.2, 0.25) is 0 Å². The van der Waals surface area contributed by atoms with E-state index in [0.29, 0.717) is 11.7 Å². The number of rotatable bonds is 4. The lowest BCUT2D eigenvalue weighted by Crippen LogP contribution is -2.44. The molecule has 0 N–H and O–H groups in total. The molecule has 2 heteroatoms. The highest BCUT2D eigenvalue weighted by Gasteiger charge is 2.61. The van der Waals surface area contributed by atoms with E-state index < -0.39 is 10.8 Å². The van der Waals surface area contributed by atoms with Crippen LogP contribution in [-0.4, -0.2) is 9.97 Å². The number of benzene rings is 11. The number of hydrogen-bond acceptors (Lipinski definition) is 2. The topological polar surface area (TPSA) is 25.8 Å². The maximum atomic E-state index is 5.43. The molecule has 5 aliphatic carbocycles. The Morgan fingerprint density at radius 3 is 1.55 bits per heavy atom. The molecule has 0 bridgehead atoms. The molecule has 0 saturated heterocycles. The largest absolute Gasteiger partial charge is 0.228 e. The zero-order valence-corrected chi connectivity index (χ0v) is 39.6. The first-order chi connectivity index (χ1) is 36.2. The van der Waals surface area contributed by atoms with E-state index in [2.05, 4.69) is 249 Å². The molecular weight excluding hydrogens is 881 g/mol. The van der Waals surface area contributed by atoms with Gasteiger partial charge in [-0.3, -0.25) is 0 Å². The summed E-state index contributed by atoms with van der Waals surface area (Å²) in [5.41, 5.74) is 29.6. The van der Waals surface area contributed by atoms with Gasteiger partial charge in [0.05, 0.1) is 22.2 Å². The van der Waals surface area contributed by atoms with E-state index in [1.54, 1.807) is 0 Å². The van der Waals surface area contributed by atoms with Crippen molar-refractivity contribution < 1.29 is 0 Å². The summed E-state index contributed by atoms with van der Waals surface area (Å²) < 4.78 is 0. The first-order valence-corrected chi connectivity index (χ1v) is 25.6. The van der Waals surface area contributed by atoms with Crippen LogP contribution in [0.25, 0.3) is 89.2 Å². The highest BCUT2D eigenvalue weighted by atomic mass is 14.9. The molecule has 1 atom stereocenters. The van der Waals surface area contributed by atoms with Crippen LogP contribution in [0.5, 0.6) is 0 Å². The van der Waals surface area contributed by atoms with Gasteiger partial charge in [-0.15, -0.1) is 0 Å². The lowest BCUT2D eigenvalue weighted by molar-refractivity contribution is 0.630. The van der Waals surface area contributed by atoms with Crippen LogP contribution in [0.15, 0.2) is 249 Å². The van der Waals surface area contributed by atoms with Gasteiger partial charge in [-0.05, 0) is 129 Å². The van der Waals surface area contributed by atoms with Gasteiger partial charge in [-0.25, -0.2) is 9.97 Å². The molecule has 11 aromatic carbocycles. The number of fused-ring (bicyclic) bond motifs is 22. The fourth-order valence-corrected chi connectivity index (χ4v) is 14.6. The van der Waals surface area contributed by atoms with Gasteiger partial charge >= 0.3 is 0 Å². The van der Waals surface area contributed by atoms with E-state index in [0.717, 1.165) is 39.0 Å². The van der Waals surface area contributed by atoms with Crippen molar-refractivity contribution in [2.24, 2.45) is 0 Å². The molecule has 2 nitrogen and oxygen atoms in total. The van der Waals surface area contributed by atoms with E-state index in [1.807, 2.05) is 0 Å². The third-order valence-electron chi connectivity index (χ3n) is 17.3. The molecule has 17 rings (SSSR count). The van der Waals surface area contributed by atoms with Gasteiger partial charge in [0, 0.05) is 22.6 Å². The van der Waals surface area contributed by atoms with Crippen molar-refractivity contribution in [2.45, 2.75) is 16.7 Å². The SMILES string of the molecule is c1ccc(-c2cc(-c3cccc(-c4cccc5c4-c4ccc6c(c4C54c5ccccc5C5(c7ccccc7-c7ccccc75)c5ccccc54)C4c5cccc-6c54)c3)nc(-c3cccc4ccccc34)n2)cc1. The van der Waals surface area contributed by atoms with E-state index in [9.17, 15) is 0 Å². The van der Waals surface area contributed by atoms with Gasteiger partial charge in [0.15, 0.2) is 5.82 Å². The van der Waals surface area contributed by atoms with E-state index >= 15 is 0 Å². The average Bonchev–Trinajstić information content (AvgIpc) is 4.00. The smallest absolute Gasteiger partial charge is 0.161 e. The zero-order valence-electron chi connectivity index (χ0n) is 39.6. The third-order valence-corrected chi connectivity index (χ3v) is 17.3. The van der Waals surface area contributed by atoms with Crippen LogP contribution >= 0.6 is 0 Å². The molecule has 1 unspecified atom stereocenters. The lowest BCUT2D eigenvalue weighted by Gasteiger charge is -2.49. The minimum absolute atomic E-state index is 0.295. The molecule has 1 aromatic heterocycles. The maximum Gasteiger partial charge on any atom is 0.161 e. The molecule has 1 heterocycles. The van der Waals surface area contributed by atoms with Gasteiger partial charge in [0.25, 0.3) is 0 Å². The van der Waals surface area contributed by atoms with Crippen LogP contribution in [-0.2, 0) is 10.8 Å². The number of aromatic nitrogens is 2. The normalized spacial score (nSPS) is 15.5.